The second-order valence-corrected chi connectivity index (χ2v) is 6.66. The maximum Gasteiger partial charge on any atom is 0.311 e. The summed E-state index contributed by atoms with van der Waals surface area (Å²) in [5.74, 6) is 1.33. The molecule has 4 heteroatoms. The van der Waals surface area contributed by atoms with Crippen molar-refractivity contribution in [3.05, 3.63) is 65.9 Å². The van der Waals surface area contributed by atoms with Gasteiger partial charge in [0.15, 0.2) is 0 Å². The molecule has 0 aliphatic rings. The van der Waals surface area contributed by atoms with E-state index in [-0.39, 0.29) is 12.6 Å². The van der Waals surface area contributed by atoms with Gasteiger partial charge in [-0.1, -0.05) is 24.3 Å². The van der Waals surface area contributed by atoms with E-state index >= 15 is 0 Å². The highest BCUT2D eigenvalue weighted by molar-refractivity contribution is 5.75. The van der Waals surface area contributed by atoms with Crippen molar-refractivity contribution < 1.29 is 19.0 Å². The third-order valence-electron chi connectivity index (χ3n) is 3.49. The molecule has 0 unspecified atom stereocenters. The van der Waals surface area contributed by atoms with Crippen molar-refractivity contribution in [3.8, 4) is 11.5 Å². The fourth-order valence-electron chi connectivity index (χ4n) is 1.94. The summed E-state index contributed by atoms with van der Waals surface area (Å²) in [4.78, 5) is 11.8. The van der Waals surface area contributed by atoms with E-state index in [1.807, 2.05) is 75.4 Å². The molecule has 0 aliphatic heterocycles. The SMILES string of the molecule is COc1ccc(/C=C/Oc2ccc(COC(=O)C(C)(C)C)cc2)cc1. The van der Waals surface area contributed by atoms with E-state index in [0.29, 0.717) is 0 Å². The Morgan fingerprint density at radius 3 is 2.12 bits per heavy atom. The largest absolute Gasteiger partial charge is 0.497 e. The number of hydrogen-bond donors (Lipinski definition) is 0. The molecule has 0 bridgehead atoms. The van der Waals surface area contributed by atoms with E-state index < -0.39 is 5.41 Å². The van der Waals surface area contributed by atoms with E-state index in [4.69, 9.17) is 14.2 Å². The minimum atomic E-state index is -0.491. The molecule has 2 aromatic carbocycles. The highest BCUT2D eigenvalue weighted by atomic mass is 16.5. The molecule has 25 heavy (non-hydrogen) atoms. The van der Waals surface area contributed by atoms with E-state index in [2.05, 4.69) is 0 Å². The summed E-state index contributed by atoms with van der Waals surface area (Å²) in [6.45, 7) is 5.77. The monoisotopic (exact) mass is 340 g/mol. The minimum Gasteiger partial charge on any atom is -0.497 e. The minimum absolute atomic E-state index is 0.213. The summed E-state index contributed by atoms with van der Waals surface area (Å²) in [6, 6.07) is 15.1. The zero-order valence-corrected chi connectivity index (χ0v) is 15.1. The summed E-state index contributed by atoms with van der Waals surface area (Å²) in [5.41, 5.74) is 1.45. The van der Waals surface area contributed by atoms with Crippen LogP contribution in [0.2, 0.25) is 0 Å². The third-order valence-corrected chi connectivity index (χ3v) is 3.49. The predicted molar refractivity (Wildman–Crippen MR) is 98.3 cm³/mol. The Morgan fingerprint density at radius 2 is 1.56 bits per heavy atom. The first kappa shape index (κ1) is 18.6. The van der Waals surface area contributed by atoms with Crippen molar-refractivity contribution in [1.29, 1.82) is 0 Å². The summed E-state index contributed by atoms with van der Waals surface area (Å²) < 4.78 is 16.0. The van der Waals surface area contributed by atoms with Gasteiger partial charge in [0.1, 0.15) is 18.1 Å². The lowest BCUT2D eigenvalue weighted by Gasteiger charge is -2.16. The molecule has 2 aromatic rings. The first-order valence-corrected chi connectivity index (χ1v) is 8.12. The van der Waals surface area contributed by atoms with Crippen molar-refractivity contribution in [2.75, 3.05) is 7.11 Å². The Morgan fingerprint density at radius 1 is 0.960 bits per heavy atom. The standard InChI is InChI=1S/C21H24O4/c1-21(2,3)20(22)25-15-17-7-11-19(12-8-17)24-14-13-16-5-9-18(23-4)10-6-16/h5-14H,15H2,1-4H3/b14-13+. The van der Waals surface area contributed by atoms with Crippen molar-refractivity contribution in [3.63, 3.8) is 0 Å². The van der Waals surface area contributed by atoms with Crippen LogP contribution in [-0.2, 0) is 16.1 Å². The van der Waals surface area contributed by atoms with Crippen LogP contribution in [0.25, 0.3) is 6.08 Å². The molecule has 0 radical (unpaired) electrons. The molecule has 0 saturated heterocycles. The fraction of sp³-hybridized carbons (Fsp3) is 0.286. The average Bonchev–Trinajstić information content (AvgIpc) is 2.60. The topological polar surface area (TPSA) is 44.8 Å². The van der Waals surface area contributed by atoms with Crippen molar-refractivity contribution >= 4 is 12.0 Å². The molecular formula is C21H24O4. The van der Waals surface area contributed by atoms with Crippen LogP contribution in [0.15, 0.2) is 54.8 Å². The summed E-state index contributed by atoms with van der Waals surface area (Å²) in [5, 5.41) is 0. The Bertz CT molecular complexity index is 707. The Labute approximate surface area is 149 Å². The van der Waals surface area contributed by atoms with Crippen LogP contribution in [0.3, 0.4) is 0 Å². The number of carbonyl (C=O) groups excluding carboxylic acids is 1. The van der Waals surface area contributed by atoms with Crippen LogP contribution < -0.4 is 9.47 Å². The van der Waals surface area contributed by atoms with Crippen LogP contribution in [0.1, 0.15) is 31.9 Å². The number of hydrogen-bond acceptors (Lipinski definition) is 4. The summed E-state index contributed by atoms with van der Waals surface area (Å²) in [6.07, 6.45) is 3.51. The number of ether oxygens (including phenoxy) is 3. The molecule has 0 amide bonds. The lowest BCUT2D eigenvalue weighted by Crippen LogP contribution is -2.22. The number of carbonyl (C=O) groups is 1. The molecule has 0 spiro atoms. The van der Waals surface area contributed by atoms with Gasteiger partial charge in [-0.05, 0) is 62.2 Å². The third kappa shape index (κ3) is 5.99. The Hall–Kier alpha value is -2.75. The molecule has 0 fully saturated rings. The van der Waals surface area contributed by atoms with Gasteiger partial charge in [-0.15, -0.1) is 0 Å². The Kier molecular flexibility index (Phi) is 6.23. The van der Waals surface area contributed by atoms with Gasteiger partial charge in [-0.25, -0.2) is 0 Å². The van der Waals surface area contributed by atoms with Gasteiger partial charge in [-0.3, -0.25) is 4.79 Å². The second kappa shape index (κ2) is 8.38. The predicted octanol–water partition coefficient (Wildman–Crippen LogP) is 4.83. The van der Waals surface area contributed by atoms with E-state index in [9.17, 15) is 4.79 Å². The van der Waals surface area contributed by atoms with Crippen LogP contribution in [0.5, 0.6) is 11.5 Å². The zero-order chi connectivity index (χ0) is 18.3. The number of esters is 1. The lowest BCUT2D eigenvalue weighted by molar-refractivity contribution is -0.154. The van der Waals surface area contributed by atoms with Gasteiger partial charge >= 0.3 is 5.97 Å². The highest BCUT2D eigenvalue weighted by Crippen LogP contribution is 2.18. The number of benzene rings is 2. The molecule has 0 aromatic heterocycles. The number of rotatable bonds is 6. The van der Waals surface area contributed by atoms with Gasteiger partial charge in [-0.2, -0.15) is 0 Å². The Balaban J connectivity index is 1.85. The highest BCUT2D eigenvalue weighted by Gasteiger charge is 2.22. The van der Waals surface area contributed by atoms with Gasteiger partial charge < -0.3 is 14.2 Å². The molecule has 0 heterocycles. The normalized spacial score (nSPS) is 11.4. The molecule has 2 rings (SSSR count). The first-order chi connectivity index (χ1) is 11.9. The van der Waals surface area contributed by atoms with Gasteiger partial charge in [0, 0.05) is 0 Å². The summed E-state index contributed by atoms with van der Waals surface area (Å²) >= 11 is 0. The van der Waals surface area contributed by atoms with Crippen molar-refractivity contribution in [2.24, 2.45) is 5.41 Å². The van der Waals surface area contributed by atoms with Crippen LogP contribution >= 0.6 is 0 Å². The molecular weight excluding hydrogens is 316 g/mol. The fourth-order valence-corrected chi connectivity index (χ4v) is 1.94. The number of methoxy groups -OCH3 is 1. The average molecular weight is 340 g/mol. The van der Waals surface area contributed by atoms with Gasteiger partial charge in [0.25, 0.3) is 0 Å². The molecule has 132 valence electrons. The first-order valence-electron chi connectivity index (χ1n) is 8.12. The quantitative estimate of drug-likeness (QED) is 0.558. The van der Waals surface area contributed by atoms with Crippen LogP contribution in [-0.4, -0.2) is 13.1 Å². The van der Waals surface area contributed by atoms with E-state index in [0.717, 1.165) is 22.6 Å². The molecule has 4 nitrogen and oxygen atoms in total. The maximum absolute atomic E-state index is 11.8. The zero-order valence-electron chi connectivity index (χ0n) is 15.1. The summed E-state index contributed by atoms with van der Waals surface area (Å²) in [7, 11) is 1.64. The second-order valence-electron chi connectivity index (χ2n) is 6.66. The van der Waals surface area contributed by atoms with Crippen molar-refractivity contribution in [1.82, 2.24) is 0 Å². The molecule has 0 atom stereocenters. The van der Waals surface area contributed by atoms with Crippen LogP contribution in [0, 0.1) is 5.41 Å². The van der Waals surface area contributed by atoms with E-state index in [1.54, 1.807) is 13.4 Å². The molecule has 0 N–H and O–H groups in total. The van der Waals surface area contributed by atoms with Crippen LogP contribution in [0.4, 0.5) is 0 Å². The van der Waals surface area contributed by atoms with Gasteiger partial charge in [0.05, 0.1) is 18.8 Å². The smallest absolute Gasteiger partial charge is 0.311 e. The van der Waals surface area contributed by atoms with Gasteiger partial charge in [0.2, 0.25) is 0 Å². The van der Waals surface area contributed by atoms with E-state index in [1.165, 1.54) is 0 Å². The lowest BCUT2D eigenvalue weighted by atomic mass is 9.97. The maximum atomic E-state index is 11.8. The van der Waals surface area contributed by atoms with Crippen molar-refractivity contribution in [2.45, 2.75) is 27.4 Å². The molecule has 0 saturated carbocycles. The molecule has 0 aliphatic carbocycles.